The Hall–Kier alpha value is -2.95. The van der Waals surface area contributed by atoms with Crippen LogP contribution in [0.2, 0.25) is 0 Å². The molecule has 2 aromatic carbocycles. The van der Waals surface area contributed by atoms with E-state index in [0.29, 0.717) is 11.6 Å². The van der Waals surface area contributed by atoms with Crippen molar-refractivity contribution in [1.82, 2.24) is 10.2 Å². The van der Waals surface area contributed by atoms with Crippen LogP contribution in [-0.2, 0) is 12.8 Å². The summed E-state index contributed by atoms with van der Waals surface area (Å²) in [5.41, 5.74) is 4.19. The number of carbonyl (C=O) groups is 1. The van der Waals surface area contributed by atoms with Crippen LogP contribution in [0.1, 0.15) is 27.9 Å². The van der Waals surface area contributed by atoms with Crippen LogP contribution in [0.25, 0.3) is 11.5 Å². The van der Waals surface area contributed by atoms with E-state index >= 15 is 0 Å². The second-order valence-electron chi connectivity index (χ2n) is 5.82. The van der Waals surface area contributed by atoms with E-state index in [1.807, 2.05) is 24.3 Å². The van der Waals surface area contributed by atoms with Crippen LogP contribution >= 0.6 is 0 Å². The van der Waals surface area contributed by atoms with E-state index < -0.39 is 0 Å². The van der Waals surface area contributed by atoms with Gasteiger partial charge in [-0.05, 0) is 60.7 Å². The number of carbonyl (C=O) groups excluding carboxylic acids is 1. The highest BCUT2D eigenvalue weighted by Crippen LogP contribution is 2.23. The first kappa shape index (κ1) is 14.6. The van der Waals surface area contributed by atoms with Crippen LogP contribution in [0, 0.1) is 0 Å². The molecular formula is C19H16N2O3. The van der Waals surface area contributed by atoms with Crippen molar-refractivity contribution in [3.63, 3.8) is 0 Å². The maximum absolute atomic E-state index is 12.3. The van der Waals surface area contributed by atoms with Gasteiger partial charge in [-0.15, -0.1) is 10.2 Å². The lowest BCUT2D eigenvalue weighted by molar-refractivity contribution is 0.0921. The SMILES string of the molecule is O=C(COc1ccc(-c2nnco2)cc1)c1ccc2c(c1)CCC2. The fourth-order valence-corrected chi connectivity index (χ4v) is 2.97. The number of Topliss-reactive ketones (excluding diaryl/α,β-unsaturated/α-hetero) is 1. The summed E-state index contributed by atoms with van der Waals surface area (Å²) in [5, 5.41) is 7.49. The fourth-order valence-electron chi connectivity index (χ4n) is 2.97. The first-order valence-electron chi connectivity index (χ1n) is 7.94. The largest absolute Gasteiger partial charge is 0.485 e. The van der Waals surface area contributed by atoms with Gasteiger partial charge < -0.3 is 9.15 Å². The van der Waals surface area contributed by atoms with E-state index in [1.165, 1.54) is 23.9 Å². The molecule has 1 aliphatic rings. The topological polar surface area (TPSA) is 65.2 Å². The highest BCUT2D eigenvalue weighted by Gasteiger charge is 2.14. The van der Waals surface area contributed by atoms with Gasteiger partial charge in [0.25, 0.3) is 0 Å². The molecule has 0 radical (unpaired) electrons. The van der Waals surface area contributed by atoms with E-state index in [-0.39, 0.29) is 12.4 Å². The Morgan fingerprint density at radius 3 is 2.71 bits per heavy atom. The first-order chi connectivity index (χ1) is 11.8. The number of fused-ring (bicyclic) bond motifs is 1. The summed E-state index contributed by atoms with van der Waals surface area (Å²) in [7, 11) is 0. The number of hydrogen-bond acceptors (Lipinski definition) is 5. The number of nitrogens with zero attached hydrogens (tertiary/aromatic N) is 2. The highest BCUT2D eigenvalue weighted by atomic mass is 16.5. The monoisotopic (exact) mass is 320 g/mol. The van der Waals surface area contributed by atoms with E-state index in [2.05, 4.69) is 16.3 Å². The summed E-state index contributed by atoms with van der Waals surface area (Å²) >= 11 is 0. The standard InChI is InChI=1S/C19H16N2O3/c22-18(16-5-4-13-2-1-3-15(13)10-16)11-23-17-8-6-14(7-9-17)19-21-20-12-24-19/h4-10,12H,1-3,11H2. The molecule has 0 amide bonds. The quantitative estimate of drug-likeness (QED) is 0.673. The van der Waals surface area contributed by atoms with Crippen molar-refractivity contribution in [1.29, 1.82) is 0 Å². The Morgan fingerprint density at radius 1 is 1.08 bits per heavy atom. The zero-order chi connectivity index (χ0) is 16.4. The molecule has 1 aliphatic carbocycles. The Bertz CT molecular complexity index is 855. The zero-order valence-corrected chi connectivity index (χ0v) is 13.1. The summed E-state index contributed by atoms with van der Waals surface area (Å²) < 4.78 is 10.7. The minimum atomic E-state index is -0.00863. The predicted octanol–water partition coefficient (Wildman–Crippen LogP) is 3.49. The molecule has 0 saturated carbocycles. The van der Waals surface area contributed by atoms with Gasteiger partial charge in [-0.25, -0.2) is 0 Å². The third-order valence-electron chi connectivity index (χ3n) is 4.25. The molecule has 0 bridgehead atoms. The second kappa shape index (κ2) is 6.28. The summed E-state index contributed by atoms with van der Waals surface area (Å²) in [4.78, 5) is 12.3. The number of aryl methyl sites for hydroxylation is 2. The second-order valence-corrected chi connectivity index (χ2v) is 5.82. The smallest absolute Gasteiger partial charge is 0.247 e. The Balaban J connectivity index is 1.40. The number of rotatable bonds is 5. The minimum absolute atomic E-state index is 0.00863. The predicted molar refractivity (Wildman–Crippen MR) is 88.0 cm³/mol. The van der Waals surface area contributed by atoms with Crippen molar-refractivity contribution in [3.05, 3.63) is 65.5 Å². The van der Waals surface area contributed by atoms with Gasteiger partial charge in [-0.2, -0.15) is 0 Å². The van der Waals surface area contributed by atoms with Gasteiger partial charge in [0, 0.05) is 11.1 Å². The van der Waals surface area contributed by atoms with Crippen LogP contribution in [0.5, 0.6) is 5.75 Å². The zero-order valence-electron chi connectivity index (χ0n) is 13.1. The van der Waals surface area contributed by atoms with Crippen LogP contribution in [0.3, 0.4) is 0 Å². The minimum Gasteiger partial charge on any atom is -0.485 e. The van der Waals surface area contributed by atoms with Gasteiger partial charge in [-0.3, -0.25) is 4.79 Å². The van der Waals surface area contributed by atoms with E-state index in [0.717, 1.165) is 24.0 Å². The summed E-state index contributed by atoms with van der Waals surface area (Å²) in [6.45, 7) is 0.0265. The molecule has 0 saturated heterocycles. The average Bonchev–Trinajstić information content (AvgIpc) is 3.30. The number of benzene rings is 2. The molecule has 0 spiro atoms. The normalized spacial score (nSPS) is 12.8. The Morgan fingerprint density at radius 2 is 1.92 bits per heavy atom. The average molecular weight is 320 g/mol. The van der Waals surface area contributed by atoms with Gasteiger partial charge in [-0.1, -0.05) is 12.1 Å². The lowest BCUT2D eigenvalue weighted by Gasteiger charge is -2.07. The molecule has 1 aromatic heterocycles. The number of ketones is 1. The molecule has 24 heavy (non-hydrogen) atoms. The molecule has 0 fully saturated rings. The highest BCUT2D eigenvalue weighted by molar-refractivity contribution is 5.97. The van der Waals surface area contributed by atoms with Crippen LogP contribution < -0.4 is 4.74 Å². The fraction of sp³-hybridized carbons (Fsp3) is 0.211. The molecule has 0 N–H and O–H groups in total. The lowest BCUT2D eigenvalue weighted by atomic mass is 10.0. The van der Waals surface area contributed by atoms with E-state index in [1.54, 1.807) is 12.1 Å². The number of hydrogen-bond donors (Lipinski definition) is 0. The Kier molecular flexibility index (Phi) is 3.83. The van der Waals surface area contributed by atoms with Crippen molar-refractivity contribution in [2.75, 3.05) is 6.61 Å². The van der Waals surface area contributed by atoms with Gasteiger partial charge in [0.05, 0.1) is 0 Å². The van der Waals surface area contributed by atoms with Crippen molar-refractivity contribution in [2.24, 2.45) is 0 Å². The van der Waals surface area contributed by atoms with Crippen molar-refractivity contribution >= 4 is 5.78 Å². The van der Waals surface area contributed by atoms with Gasteiger partial charge >= 0.3 is 0 Å². The first-order valence-corrected chi connectivity index (χ1v) is 7.94. The molecule has 4 rings (SSSR count). The van der Waals surface area contributed by atoms with E-state index in [9.17, 15) is 4.79 Å². The van der Waals surface area contributed by atoms with Crippen molar-refractivity contribution in [3.8, 4) is 17.2 Å². The van der Waals surface area contributed by atoms with Crippen LogP contribution in [0.15, 0.2) is 53.3 Å². The summed E-state index contributed by atoms with van der Waals surface area (Å²) in [5.74, 6) is 1.08. The molecule has 3 aromatic rings. The van der Waals surface area contributed by atoms with Crippen molar-refractivity contribution < 1.29 is 13.9 Å². The molecule has 5 nitrogen and oxygen atoms in total. The summed E-state index contributed by atoms with van der Waals surface area (Å²) in [6, 6.07) is 13.2. The maximum Gasteiger partial charge on any atom is 0.247 e. The molecule has 1 heterocycles. The third-order valence-corrected chi connectivity index (χ3v) is 4.25. The van der Waals surface area contributed by atoms with E-state index in [4.69, 9.17) is 9.15 Å². The molecule has 0 atom stereocenters. The number of ether oxygens (including phenoxy) is 1. The Labute approximate surface area is 139 Å². The molecule has 0 unspecified atom stereocenters. The molecule has 0 aliphatic heterocycles. The third kappa shape index (κ3) is 2.93. The van der Waals surface area contributed by atoms with Crippen LogP contribution in [0.4, 0.5) is 0 Å². The molecule has 120 valence electrons. The molecular weight excluding hydrogens is 304 g/mol. The van der Waals surface area contributed by atoms with Gasteiger partial charge in [0.15, 0.2) is 12.4 Å². The van der Waals surface area contributed by atoms with Crippen LogP contribution in [-0.4, -0.2) is 22.6 Å². The van der Waals surface area contributed by atoms with Crippen molar-refractivity contribution in [2.45, 2.75) is 19.3 Å². The van der Waals surface area contributed by atoms with Gasteiger partial charge in [0.2, 0.25) is 12.3 Å². The number of aromatic nitrogens is 2. The lowest BCUT2D eigenvalue weighted by Crippen LogP contribution is -2.12. The summed E-state index contributed by atoms with van der Waals surface area (Å²) in [6.07, 6.45) is 4.64. The maximum atomic E-state index is 12.3. The van der Waals surface area contributed by atoms with Gasteiger partial charge in [0.1, 0.15) is 5.75 Å². The molecule has 5 heteroatoms.